The van der Waals surface area contributed by atoms with E-state index in [0.29, 0.717) is 18.1 Å². The first-order valence-corrected chi connectivity index (χ1v) is 6.20. The number of anilines is 2. The van der Waals surface area contributed by atoms with Crippen molar-refractivity contribution in [2.24, 2.45) is 0 Å². The van der Waals surface area contributed by atoms with Crippen LogP contribution < -0.4 is 15.4 Å². The van der Waals surface area contributed by atoms with E-state index in [4.69, 9.17) is 10.5 Å². The predicted molar refractivity (Wildman–Crippen MR) is 76.2 cm³/mol. The van der Waals surface area contributed by atoms with E-state index in [0.717, 1.165) is 18.1 Å². The summed E-state index contributed by atoms with van der Waals surface area (Å²) in [5.74, 6) is 1.29. The van der Waals surface area contributed by atoms with Gasteiger partial charge in [-0.1, -0.05) is 6.07 Å². The van der Waals surface area contributed by atoms with Gasteiger partial charge in [-0.05, 0) is 31.2 Å². The standard InChI is InChI=1S/C14H18N4O/c1-3-18(10-11-6-4-5-9-16-11)13-8-7-12(15)14(17-13)19-2/h4-9H,3,10,15H2,1-2H3. The number of hydrogen-bond donors (Lipinski definition) is 1. The number of nitrogen functional groups attached to an aromatic ring is 1. The van der Waals surface area contributed by atoms with Crippen LogP contribution in [0.25, 0.3) is 0 Å². The maximum absolute atomic E-state index is 5.78. The molecule has 0 spiro atoms. The van der Waals surface area contributed by atoms with Crippen molar-refractivity contribution in [3.05, 3.63) is 42.2 Å². The molecule has 2 aromatic heterocycles. The second-order valence-electron chi connectivity index (χ2n) is 4.10. The van der Waals surface area contributed by atoms with Gasteiger partial charge in [0.1, 0.15) is 5.82 Å². The molecule has 2 rings (SSSR count). The van der Waals surface area contributed by atoms with Gasteiger partial charge in [-0.15, -0.1) is 0 Å². The summed E-state index contributed by atoms with van der Waals surface area (Å²) in [5, 5.41) is 0. The average Bonchev–Trinajstić information content (AvgIpc) is 2.46. The molecular formula is C14H18N4O. The Morgan fingerprint density at radius 3 is 2.74 bits per heavy atom. The molecule has 2 N–H and O–H groups in total. The Morgan fingerprint density at radius 1 is 1.26 bits per heavy atom. The lowest BCUT2D eigenvalue weighted by Crippen LogP contribution is -2.23. The summed E-state index contributed by atoms with van der Waals surface area (Å²) in [5.41, 5.74) is 7.32. The van der Waals surface area contributed by atoms with Crippen molar-refractivity contribution >= 4 is 11.5 Å². The Bertz CT molecular complexity index is 530. The third-order valence-electron chi connectivity index (χ3n) is 2.85. The monoisotopic (exact) mass is 258 g/mol. The van der Waals surface area contributed by atoms with Crippen LogP contribution in [0.3, 0.4) is 0 Å². The van der Waals surface area contributed by atoms with Gasteiger partial charge in [0.2, 0.25) is 5.88 Å². The summed E-state index contributed by atoms with van der Waals surface area (Å²) in [6, 6.07) is 9.58. The van der Waals surface area contributed by atoms with E-state index in [1.54, 1.807) is 13.3 Å². The normalized spacial score (nSPS) is 10.2. The molecule has 0 atom stereocenters. The van der Waals surface area contributed by atoms with Gasteiger partial charge in [-0.2, -0.15) is 4.98 Å². The van der Waals surface area contributed by atoms with Gasteiger partial charge in [0.05, 0.1) is 25.0 Å². The number of methoxy groups -OCH3 is 1. The highest BCUT2D eigenvalue weighted by Gasteiger charge is 2.10. The SMILES string of the molecule is CCN(Cc1ccccn1)c1ccc(N)c(OC)n1. The van der Waals surface area contributed by atoms with Crippen molar-refractivity contribution < 1.29 is 4.74 Å². The Kier molecular flexibility index (Phi) is 4.18. The topological polar surface area (TPSA) is 64.3 Å². The Labute approximate surface area is 113 Å². The van der Waals surface area contributed by atoms with Crippen LogP contribution in [-0.4, -0.2) is 23.6 Å². The zero-order chi connectivity index (χ0) is 13.7. The molecule has 5 nitrogen and oxygen atoms in total. The number of nitrogens with two attached hydrogens (primary N) is 1. The van der Waals surface area contributed by atoms with Crippen LogP contribution in [0.1, 0.15) is 12.6 Å². The van der Waals surface area contributed by atoms with Crippen LogP contribution in [0.15, 0.2) is 36.5 Å². The molecular weight excluding hydrogens is 240 g/mol. The summed E-state index contributed by atoms with van der Waals surface area (Å²) in [6.07, 6.45) is 1.79. The molecule has 2 aromatic rings. The van der Waals surface area contributed by atoms with E-state index in [1.807, 2.05) is 30.3 Å². The van der Waals surface area contributed by atoms with E-state index in [9.17, 15) is 0 Å². The summed E-state index contributed by atoms with van der Waals surface area (Å²) >= 11 is 0. The van der Waals surface area contributed by atoms with Crippen LogP contribution >= 0.6 is 0 Å². The summed E-state index contributed by atoms with van der Waals surface area (Å²) in [4.78, 5) is 10.9. The molecule has 0 fully saturated rings. The van der Waals surface area contributed by atoms with E-state index in [-0.39, 0.29) is 0 Å². The van der Waals surface area contributed by atoms with Gasteiger partial charge in [-0.25, -0.2) is 0 Å². The van der Waals surface area contributed by atoms with Gasteiger partial charge in [0.15, 0.2) is 0 Å². The van der Waals surface area contributed by atoms with Crippen molar-refractivity contribution in [2.75, 3.05) is 24.3 Å². The summed E-state index contributed by atoms with van der Waals surface area (Å²) < 4.78 is 5.15. The molecule has 100 valence electrons. The van der Waals surface area contributed by atoms with E-state index in [1.165, 1.54) is 0 Å². The van der Waals surface area contributed by atoms with Crippen molar-refractivity contribution in [3.8, 4) is 5.88 Å². The number of pyridine rings is 2. The molecule has 0 bridgehead atoms. The van der Waals surface area contributed by atoms with Crippen LogP contribution in [0.2, 0.25) is 0 Å². The summed E-state index contributed by atoms with van der Waals surface area (Å²) in [6.45, 7) is 3.61. The Morgan fingerprint density at radius 2 is 2.11 bits per heavy atom. The largest absolute Gasteiger partial charge is 0.479 e. The lowest BCUT2D eigenvalue weighted by Gasteiger charge is -2.22. The number of ether oxygens (including phenoxy) is 1. The highest BCUT2D eigenvalue weighted by Crippen LogP contribution is 2.23. The fourth-order valence-electron chi connectivity index (χ4n) is 1.82. The minimum absolute atomic E-state index is 0.456. The highest BCUT2D eigenvalue weighted by molar-refractivity contribution is 5.54. The second-order valence-corrected chi connectivity index (χ2v) is 4.10. The molecule has 0 aliphatic heterocycles. The van der Waals surface area contributed by atoms with Crippen LogP contribution in [-0.2, 0) is 6.54 Å². The molecule has 0 aliphatic carbocycles. The van der Waals surface area contributed by atoms with E-state index < -0.39 is 0 Å². The van der Waals surface area contributed by atoms with Gasteiger partial charge >= 0.3 is 0 Å². The van der Waals surface area contributed by atoms with Crippen molar-refractivity contribution in [3.63, 3.8) is 0 Å². The van der Waals surface area contributed by atoms with Gasteiger partial charge in [0.25, 0.3) is 0 Å². The highest BCUT2D eigenvalue weighted by atomic mass is 16.5. The van der Waals surface area contributed by atoms with E-state index in [2.05, 4.69) is 21.8 Å². The lowest BCUT2D eigenvalue weighted by molar-refractivity contribution is 0.400. The third kappa shape index (κ3) is 3.13. The Hall–Kier alpha value is -2.30. The zero-order valence-corrected chi connectivity index (χ0v) is 11.2. The summed E-state index contributed by atoms with van der Waals surface area (Å²) in [7, 11) is 1.57. The molecule has 0 saturated carbocycles. The molecule has 0 unspecified atom stereocenters. The molecule has 5 heteroatoms. The third-order valence-corrected chi connectivity index (χ3v) is 2.85. The minimum atomic E-state index is 0.456. The van der Waals surface area contributed by atoms with E-state index >= 15 is 0 Å². The lowest BCUT2D eigenvalue weighted by atomic mass is 10.3. The predicted octanol–water partition coefficient (Wildman–Crippen LogP) is 2.09. The fourth-order valence-corrected chi connectivity index (χ4v) is 1.82. The quantitative estimate of drug-likeness (QED) is 0.889. The van der Waals surface area contributed by atoms with Gasteiger partial charge in [0, 0.05) is 12.7 Å². The molecule has 19 heavy (non-hydrogen) atoms. The van der Waals surface area contributed by atoms with Gasteiger partial charge < -0.3 is 15.4 Å². The van der Waals surface area contributed by atoms with Crippen LogP contribution in [0, 0.1) is 0 Å². The number of aromatic nitrogens is 2. The molecule has 0 radical (unpaired) electrons. The van der Waals surface area contributed by atoms with Crippen LogP contribution in [0.4, 0.5) is 11.5 Å². The first-order valence-electron chi connectivity index (χ1n) is 6.20. The zero-order valence-electron chi connectivity index (χ0n) is 11.2. The number of nitrogens with zero attached hydrogens (tertiary/aromatic N) is 3. The van der Waals surface area contributed by atoms with Crippen LogP contribution in [0.5, 0.6) is 5.88 Å². The molecule has 0 aromatic carbocycles. The number of hydrogen-bond acceptors (Lipinski definition) is 5. The fraction of sp³-hybridized carbons (Fsp3) is 0.286. The molecule has 0 aliphatic rings. The van der Waals surface area contributed by atoms with Crippen molar-refractivity contribution in [1.29, 1.82) is 0 Å². The molecule has 0 amide bonds. The average molecular weight is 258 g/mol. The maximum atomic E-state index is 5.78. The first kappa shape index (κ1) is 13.1. The number of rotatable bonds is 5. The smallest absolute Gasteiger partial charge is 0.238 e. The Balaban J connectivity index is 2.22. The van der Waals surface area contributed by atoms with Gasteiger partial charge in [-0.3, -0.25) is 4.98 Å². The molecule has 2 heterocycles. The van der Waals surface area contributed by atoms with Crippen molar-refractivity contribution in [2.45, 2.75) is 13.5 Å². The van der Waals surface area contributed by atoms with Crippen molar-refractivity contribution in [1.82, 2.24) is 9.97 Å². The maximum Gasteiger partial charge on any atom is 0.238 e. The minimum Gasteiger partial charge on any atom is -0.479 e. The first-order chi connectivity index (χ1) is 9.24. The second kappa shape index (κ2) is 6.04. The molecule has 0 saturated heterocycles.